The van der Waals surface area contributed by atoms with Crippen molar-refractivity contribution in [3.05, 3.63) is 34.9 Å². The zero-order chi connectivity index (χ0) is 18.3. The number of nitrogens with zero attached hydrogens (tertiary/aromatic N) is 2. The number of hydrogen-bond acceptors (Lipinski definition) is 3. The number of benzene rings is 1. The molecule has 2 aliphatic heterocycles. The zero-order valence-electron chi connectivity index (χ0n) is 14.9. The van der Waals surface area contributed by atoms with Crippen molar-refractivity contribution in [2.45, 2.75) is 32.2 Å². The summed E-state index contributed by atoms with van der Waals surface area (Å²) in [7, 11) is 0. The normalized spacial score (nSPS) is 29.3. The monoisotopic (exact) mass is 376 g/mol. The molecule has 6 heteroatoms. The van der Waals surface area contributed by atoms with Crippen LogP contribution in [0.2, 0.25) is 5.02 Å². The summed E-state index contributed by atoms with van der Waals surface area (Å²) in [5.74, 6) is -0.452. The van der Waals surface area contributed by atoms with E-state index in [1.165, 1.54) is 0 Å². The number of amides is 1. The Kier molecular flexibility index (Phi) is 4.70. The summed E-state index contributed by atoms with van der Waals surface area (Å²) >= 11 is 5.94. The Morgan fingerprint density at radius 3 is 2.42 bits per heavy atom. The fourth-order valence-electron chi connectivity index (χ4n) is 5.04. The molecular weight excluding hydrogens is 352 g/mol. The van der Waals surface area contributed by atoms with Gasteiger partial charge in [-0.15, -0.1) is 0 Å². The molecule has 5 nitrogen and oxygen atoms in total. The molecule has 3 aliphatic rings. The number of fused-ring (bicyclic) bond motifs is 1. The fourth-order valence-corrected chi connectivity index (χ4v) is 5.17. The van der Waals surface area contributed by atoms with Gasteiger partial charge < -0.3 is 10.0 Å². The average molecular weight is 377 g/mol. The molecule has 1 aromatic rings. The molecule has 1 N–H and O–H groups in total. The van der Waals surface area contributed by atoms with Gasteiger partial charge >= 0.3 is 5.97 Å². The maximum absolute atomic E-state index is 12.8. The van der Waals surface area contributed by atoms with E-state index in [1.54, 1.807) is 0 Å². The fraction of sp³-hybridized carbons (Fsp3) is 0.600. The van der Waals surface area contributed by atoms with E-state index in [1.807, 2.05) is 29.2 Å². The van der Waals surface area contributed by atoms with Gasteiger partial charge in [0.1, 0.15) is 5.41 Å². The molecule has 26 heavy (non-hydrogen) atoms. The van der Waals surface area contributed by atoms with Gasteiger partial charge in [-0.2, -0.15) is 0 Å². The van der Waals surface area contributed by atoms with Crippen molar-refractivity contribution in [3.63, 3.8) is 0 Å². The van der Waals surface area contributed by atoms with E-state index >= 15 is 0 Å². The molecule has 0 bridgehead atoms. The molecule has 0 unspecified atom stereocenters. The summed E-state index contributed by atoms with van der Waals surface area (Å²) < 4.78 is 0. The van der Waals surface area contributed by atoms with Crippen LogP contribution in [0.5, 0.6) is 0 Å². The maximum atomic E-state index is 12.8. The first-order valence-corrected chi connectivity index (χ1v) is 9.85. The van der Waals surface area contributed by atoms with E-state index in [2.05, 4.69) is 4.90 Å². The van der Waals surface area contributed by atoms with Crippen LogP contribution in [0, 0.1) is 17.3 Å². The van der Waals surface area contributed by atoms with Crippen LogP contribution >= 0.6 is 11.6 Å². The second kappa shape index (κ2) is 6.86. The predicted octanol–water partition coefficient (Wildman–Crippen LogP) is 2.88. The Labute approximate surface area is 158 Å². The highest BCUT2D eigenvalue weighted by Gasteiger charge is 2.58. The summed E-state index contributed by atoms with van der Waals surface area (Å²) in [5.41, 5.74) is 0.314. The number of halogens is 1. The van der Waals surface area contributed by atoms with Gasteiger partial charge in [-0.3, -0.25) is 14.5 Å². The number of carboxylic acids is 1. The van der Waals surface area contributed by atoms with E-state index in [0.29, 0.717) is 24.7 Å². The largest absolute Gasteiger partial charge is 0.481 e. The Hall–Kier alpha value is -1.59. The van der Waals surface area contributed by atoms with Crippen LogP contribution in [0.1, 0.15) is 31.2 Å². The Morgan fingerprint density at radius 2 is 1.81 bits per heavy atom. The quantitative estimate of drug-likeness (QED) is 0.877. The number of rotatable bonds is 4. The molecule has 3 fully saturated rings. The van der Waals surface area contributed by atoms with E-state index in [9.17, 15) is 14.7 Å². The van der Waals surface area contributed by atoms with Gasteiger partial charge in [-0.1, -0.05) is 36.6 Å². The van der Waals surface area contributed by atoms with Crippen LogP contribution in [-0.4, -0.2) is 53.0 Å². The first-order chi connectivity index (χ1) is 12.5. The lowest BCUT2D eigenvalue weighted by molar-refractivity contribution is -0.149. The highest BCUT2D eigenvalue weighted by atomic mass is 35.5. The molecule has 1 amide bonds. The number of carbonyl (C=O) groups is 2. The Bertz CT molecular complexity index is 702. The van der Waals surface area contributed by atoms with Crippen LogP contribution in [-0.2, 0) is 16.1 Å². The summed E-state index contributed by atoms with van der Waals surface area (Å²) in [6.45, 7) is 2.89. The van der Waals surface area contributed by atoms with Gasteiger partial charge in [0.2, 0.25) is 5.91 Å². The first kappa shape index (κ1) is 17.8. The number of carbonyl (C=O) groups excluding carboxylic acids is 1. The molecule has 0 aromatic heterocycles. The minimum atomic E-state index is -0.819. The third-order valence-electron chi connectivity index (χ3n) is 6.44. The van der Waals surface area contributed by atoms with Gasteiger partial charge in [-0.05, 0) is 30.5 Å². The van der Waals surface area contributed by atoms with Crippen molar-refractivity contribution in [1.29, 1.82) is 0 Å². The standard InChI is InChI=1S/C20H25ClN2O3/c21-17-7-5-14(6-8-17)9-22-10-16-11-23(13-20(16,12-22)19(25)26)18(24)15-3-1-2-4-15/h5-8,15-16H,1-4,9-13H2,(H,25,26)/t16-,20-/m0/s1. The van der Waals surface area contributed by atoms with Crippen molar-refractivity contribution in [3.8, 4) is 0 Å². The molecule has 0 radical (unpaired) electrons. The van der Waals surface area contributed by atoms with Gasteiger partial charge in [0, 0.05) is 49.6 Å². The molecule has 1 aliphatic carbocycles. The first-order valence-electron chi connectivity index (χ1n) is 9.47. The lowest BCUT2D eigenvalue weighted by atomic mass is 9.81. The van der Waals surface area contributed by atoms with Gasteiger partial charge in [0.05, 0.1) is 0 Å². The summed E-state index contributed by atoms with van der Waals surface area (Å²) in [6.07, 6.45) is 4.16. The molecule has 4 rings (SSSR count). The van der Waals surface area contributed by atoms with Crippen LogP contribution in [0.15, 0.2) is 24.3 Å². The summed E-state index contributed by atoms with van der Waals surface area (Å²) in [5, 5.41) is 10.7. The second-order valence-corrected chi connectivity index (χ2v) is 8.59. The van der Waals surface area contributed by atoms with Crippen molar-refractivity contribution in [1.82, 2.24) is 9.80 Å². The lowest BCUT2D eigenvalue weighted by Crippen LogP contribution is -2.42. The van der Waals surface area contributed by atoms with Crippen molar-refractivity contribution in [2.24, 2.45) is 17.3 Å². The third kappa shape index (κ3) is 3.12. The molecule has 2 heterocycles. The van der Waals surface area contributed by atoms with Crippen molar-refractivity contribution < 1.29 is 14.7 Å². The predicted molar refractivity (Wildman–Crippen MR) is 98.8 cm³/mol. The molecule has 0 spiro atoms. The van der Waals surface area contributed by atoms with Crippen LogP contribution in [0.3, 0.4) is 0 Å². The molecule has 1 aromatic carbocycles. The molecule has 2 atom stereocenters. The van der Waals surface area contributed by atoms with Crippen molar-refractivity contribution >= 4 is 23.5 Å². The SMILES string of the molecule is O=C(C1CCCC1)N1C[C@@H]2CN(Cc3ccc(Cl)cc3)C[C@]2(C(=O)O)C1. The second-order valence-electron chi connectivity index (χ2n) is 8.15. The maximum Gasteiger partial charge on any atom is 0.313 e. The van der Waals surface area contributed by atoms with E-state index in [0.717, 1.165) is 44.3 Å². The van der Waals surface area contributed by atoms with Gasteiger partial charge in [0.15, 0.2) is 0 Å². The highest BCUT2D eigenvalue weighted by molar-refractivity contribution is 6.30. The number of aliphatic carboxylic acids is 1. The van der Waals surface area contributed by atoms with Crippen LogP contribution < -0.4 is 0 Å². The molecule has 1 saturated carbocycles. The highest BCUT2D eigenvalue weighted by Crippen LogP contribution is 2.44. The molecular formula is C20H25ClN2O3. The van der Waals surface area contributed by atoms with Crippen molar-refractivity contribution in [2.75, 3.05) is 26.2 Å². The minimum Gasteiger partial charge on any atom is -0.481 e. The third-order valence-corrected chi connectivity index (χ3v) is 6.69. The van der Waals surface area contributed by atoms with Crippen LogP contribution in [0.4, 0.5) is 0 Å². The van der Waals surface area contributed by atoms with E-state index in [4.69, 9.17) is 11.6 Å². The number of hydrogen-bond donors (Lipinski definition) is 1. The zero-order valence-corrected chi connectivity index (χ0v) is 15.6. The number of carboxylic acid groups (broad SMARTS) is 1. The Morgan fingerprint density at radius 1 is 1.12 bits per heavy atom. The topological polar surface area (TPSA) is 60.9 Å². The minimum absolute atomic E-state index is 0.0117. The number of likely N-dealkylation sites (tertiary alicyclic amines) is 2. The molecule has 140 valence electrons. The van der Waals surface area contributed by atoms with Gasteiger partial charge in [0.25, 0.3) is 0 Å². The van der Waals surface area contributed by atoms with Gasteiger partial charge in [-0.25, -0.2) is 0 Å². The van der Waals surface area contributed by atoms with E-state index < -0.39 is 11.4 Å². The summed E-state index contributed by atoms with van der Waals surface area (Å²) in [6, 6.07) is 7.70. The van der Waals surface area contributed by atoms with E-state index in [-0.39, 0.29) is 17.7 Å². The summed E-state index contributed by atoms with van der Waals surface area (Å²) in [4.78, 5) is 29.0. The Balaban J connectivity index is 1.45. The van der Waals surface area contributed by atoms with Crippen LogP contribution in [0.25, 0.3) is 0 Å². The average Bonchev–Trinajstić information content (AvgIpc) is 3.30. The lowest BCUT2D eigenvalue weighted by Gasteiger charge is -2.27. The molecule has 2 saturated heterocycles. The smallest absolute Gasteiger partial charge is 0.313 e.